The van der Waals surface area contributed by atoms with Crippen LogP contribution < -0.4 is 4.72 Å². The van der Waals surface area contributed by atoms with Crippen molar-refractivity contribution >= 4 is 10.0 Å². The van der Waals surface area contributed by atoms with Crippen LogP contribution in [0.15, 0.2) is 18.2 Å². The molecule has 0 saturated carbocycles. The standard InChI is InChI=1S/C15H18F2N4O3S/c1-24-8-14-18-15-13(3-2-6-21(15)19-14)20-25(22,23)9-10-4-5-11(16)7-12(10)17/h4-5,7,13,20H,2-3,6,8-9H2,1H3/t13-/m0/s1. The van der Waals surface area contributed by atoms with Crippen molar-refractivity contribution in [3.05, 3.63) is 47.0 Å². The van der Waals surface area contributed by atoms with Crippen LogP contribution in [0, 0.1) is 11.6 Å². The maximum Gasteiger partial charge on any atom is 0.216 e. The average Bonchev–Trinajstić information content (AvgIpc) is 2.94. The molecule has 7 nitrogen and oxygen atoms in total. The lowest BCUT2D eigenvalue weighted by molar-refractivity contribution is 0.177. The van der Waals surface area contributed by atoms with Gasteiger partial charge in [0.15, 0.2) is 5.82 Å². The molecule has 0 amide bonds. The van der Waals surface area contributed by atoms with E-state index in [1.165, 1.54) is 7.11 Å². The van der Waals surface area contributed by atoms with Gasteiger partial charge in [-0.1, -0.05) is 6.07 Å². The second kappa shape index (κ2) is 7.14. The van der Waals surface area contributed by atoms with Gasteiger partial charge in [0.1, 0.15) is 24.1 Å². The van der Waals surface area contributed by atoms with Gasteiger partial charge in [-0.15, -0.1) is 0 Å². The molecule has 25 heavy (non-hydrogen) atoms. The Hall–Kier alpha value is -1.91. The Morgan fingerprint density at radius 3 is 2.92 bits per heavy atom. The molecule has 1 atom stereocenters. The summed E-state index contributed by atoms with van der Waals surface area (Å²) < 4.78 is 60.6. The van der Waals surface area contributed by atoms with E-state index in [0.717, 1.165) is 18.6 Å². The first-order valence-corrected chi connectivity index (χ1v) is 9.39. The number of ether oxygens (including phenoxy) is 1. The molecule has 136 valence electrons. The fourth-order valence-electron chi connectivity index (χ4n) is 2.80. The normalized spacial score (nSPS) is 17.5. The van der Waals surface area contributed by atoms with Crippen LogP contribution in [0.1, 0.15) is 36.1 Å². The third-order valence-electron chi connectivity index (χ3n) is 3.87. The van der Waals surface area contributed by atoms with E-state index >= 15 is 0 Å². The quantitative estimate of drug-likeness (QED) is 0.833. The highest BCUT2D eigenvalue weighted by atomic mass is 32.2. The van der Waals surface area contributed by atoms with Crippen molar-refractivity contribution in [2.75, 3.05) is 7.11 Å². The topological polar surface area (TPSA) is 86.1 Å². The van der Waals surface area contributed by atoms with Gasteiger partial charge in [0.05, 0.1) is 11.8 Å². The average molecular weight is 372 g/mol. The largest absolute Gasteiger partial charge is 0.377 e. The summed E-state index contributed by atoms with van der Waals surface area (Å²) in [4.78, 5) is 4.32. The summed E-state index contributed by atoms with van der Waals surface area (Å²) in [5, 5.41) is 4.27. The molecule has 1 N–H and O–H groups in total. The summed E-state index contributed by atoms with van der Waals surface area (Å²) in [5.74, 6) is -1.22. The maximum atomic E-state index is 13.7. The zero-order valence-corrected chi connectivity index (χ0v) is 14.4. The molecule has 2 heterocycles. The lowest BCUT2D eigenvalue weighted by Crippen LogP contribution is -2.34. The molecular weight excluding hydrogens is 354 g/mol. The van der Waals surface area contributed by atoms with Gasteiger partial charge in [0, 0.05) is 25.3 Å². The first-order valence-electron chi connectivity index (χ1n) is 7.74. The minimum Gasteiger partial charge on any atom is -0.377 e. The molecular formula is C15H18F2N4O3S. The van der Waals surface area contributed by atoms with Gasteiger partial charge in [-0.3, -0.25) is 0 Å². The van der Waals surface area contributed by atoms with E-state index in [1.54, 1.807) is 4.68 Å². The maximum absolute atomic E-state index is 13.7. The molecule has 0 aliphatic carbocycles. The van der Waals surface area contributed by atoms with Crippen molar-refractivity contribution in [2.45, 2.75) is 37.8 Å². The van der Waals surface area contributed by atoms with Crippen LogP contribution in [0.4, 0.5) is 8.78 Å². The molecule has 1 aromatic heterocycles. The number of halogens is 2. The summed E-state index contributed by atoms with van der Waals surface area (Å²) in [6.07, 6.45) is 1.30. The molecule has 1 aromatic carbocycles. The Kier molecular flexibility index (Phi) is 5.11. The van der Waals surface area contributed by atoms with Gasteiger partial charge in [0.2, 0.25) is 10.0 Å². The molecule has 1 aliphatic heterocycles. The number of methoxy groups -OCH3 is 1. The second-order valence-corrected chi connectivity index (χ2v) is 7.60. The van der Waals surface area contributed by atoms with E-state index in [9.17, 15) is 17.2 Å². The number of sulfonamides is 1. The molecule has 0 bridgehead atoms. The van der Waals surface area contributed by atoms with E-state index < -0.39 is 33.5 Å². The lowest BCUT2D eigenvalue weighted by Gasteiger charge is -2.23. The van der Waals surface area contributed by atoms with Crippen molar-refractivity contribution in [2.24, 2.45) is 0 Å². The monoisotopic (exact) mass is 372 g/mol. The summed E-state index contributed by atoms with van der Waals surface area (Å²) in [6.45, 7) is 0.886. The van der Waals surface area contributed by atoms with Gasteiger partial charge < -0.3 is 4.74 Å². The van der Waals surface area contributed by atoms with E-state index in [1.807, 2.05) is 0 Å². The number of fused-ring (bicyclic) bond motifs is 1. The zero-order chi connectivity index (χ0) is 18.0. The van der Waals surface area contributed by atoms with Gasteiger partial charge in [-0.05, 0) is 18.9 Å². The minimum absolute atomic E-state index is 0.0914. The fraction of sp³-hybridized carbons (Fsp3) is 0.467. The van der Waals surface area contributed by atoms with Crippen LogP contribution in [0.25, 0.3) is 0 Å². The number of rotatable bonds is 6. The number of aromatic nitrogens is 3. The van der Waals surface area contributed by atoms with Gasteiger partial charge in [-0.2, -0.15) is 5.10 Å². The summed E-state index contributed by atoms with van der Waals surface area (Å²) >= 11 is 0. The number of hydrogen-bond donors (Lipinski definition) is 1. The Labute approximate surface area is 144 Å². The molecule has 0 spiro atoms. The van der Waals surface area contributed by atoms with Crippen molar-refractivity contribution in [3.63, 3.8) is 0 Å². The smallest absolute Gasteiger partial charge is 0.216 e. The lowest BCUT2D eigenvalue weighted by atomic mass is 10.1. The molecule has 2 aromatic rings. The minimum atomic E-state index is -3.84. The summed E-state index contributed by atoms with van der Waals surface area (Å²) in [7, 11) is -2.31. The van der Waals surface area contributed by atoms with Crippen LogP contribution in [-0.4, -0.2) is 30.3 Å². The Morgan fingerprint density at radius 1 is 1.40 bits per heavy atom. The van der Waals surface area contributed by atoms with E-state index in [-0.39, 0.29) is 12.2 Å². The predicted octanol–water partition coefficient (Wildman–Crippen LogP) is 1.66. The Morgan fingerprint density at radius 2 is 2.20 bits per heavy atom. The summed E-state index contributed by atoms with van der Waals surface area (Å²) in [6, 6.07) is 2.28. The zero-order valence-electron chi connectivity index (χ0n) is 13.6. The SMILES string of the molecule is COCc1nc2n(n1)CCC[C@@H]2NS(=O)(=O)Cc1ccc(F)cc1F. The Bertz CT molecular complexity index is 870. The van der Waals surface area contributed by atoms with Crippen LogP contribution in [-0.2, 0) is 33.7 Å². The second-order valence-electron chi connectivity index (χ2n) is 5.85. The number of benzene rings is 1. The predicted molar refractivity (Wildman–Crippen MR) is 84.8 cm³/mol. The van der Waals surface area contributed by atoms with Gasteiger partial charge in [-0.25, -0.2) is 31.6 Å². The van der Waals surface area contributed by atoms with E-state index in [2.05, 4.69) is 14.8 Å². The van der Waals surface area contributed by atoms with Crippen molar-refractivity contribution in [1.29, 1.82) is 0 Å². The molecule has 10 heteroatoms. The van der Waals surface area contributed by atoms with Crippen LogP contribution in [0.5, 0.6) is 0 Å². The molecule has 0 saturated heterocycles. The van der Waals surface area contributed by atoms with Gasteiger partial charge in [0.25, 0.3) is 0 Å². The molecule has 1 aliphatic rings. The van der Waals surface area contributed by atoms with Crippen LogP contribution in [0.2, 0.25) is 0 Å². The third kappa shape index (κ3) is 4.20. The van der Waals surface area contributed by atoms with E-state index in [0.29, 0.717) is 30.7 Å². The number of aryl methyl sites for hydroxylation is 1. The van der Waals surface area contributed by atoms with Crippen molar-refractivity contribution in [1.82, 2.24) is 19.5 Å². The number of nitrogens with one attached hydrogen (secondary N) is 1. The van der Waals surface area contributed by atoms with Crippen molar-refractivity contribution in [3.8, 4) is 0 Å². The van der Waals surface area contributed by atoms with Crippen LogP contribution in [0.3, 0.4) is 0 Å². The highest BCUT2D eigenvalue weighted by Crippen LogP contribution is 2.25. The highest BCUT2D eigenvalue weighted by Gasteiger charge is 2.28. The first kappa shape index (κ1) is 17.9. The Balaban J connectivity index is 1.77. The number of nitrogens with zero attached hydrogens (tertiary/aromatic N) is 3. The molecule has 0 radical (unpaired) electrons. The van der Waals surface area contributed by atoms with Gasteiger partial charge >= 0.3 is 0 Å². The fourth-order valence-corrected chi connectivity index (χ4v) is 4.19. The van der Waals surface area contributed by atoms with Crippen LogP contribution >= 0.6 is 0 Å². The third-order valence-corrected chi connectivity index (χ3v) is 5.21. The first-order chi connectivity index (χ1) is 11.9. The highest BCUT2D eigenvalue weighted by molar-refractivity contribution is 7.88. The van der Waals surface area contributed by atoms with E-state index in [4.69, 9.17) is 4.74 Å². The molecule has 0 unspecified atom stereocenters. The number of hydrogen-bond acceptors (Lipinski definition) is 5. The molecule has 3 rings (SSSR count). The van der Waals surface area contributed by atoms with Crippen molar-refractivity contribution < 1.29 is 21.9 Å². The summed E-state index contributed by atoms with van der Waals surface area (Å²) in [5.41, 5.74) is -0.0914. The molecule has 0 fully saturated rings.